The number of ether oxygens (including phenoxy) is 1. The Kier molecular flexibility index (Phi) is 5.96. The topological polar surface area (TPSA) is 38.3 Å². The molecule has 2 atom stereocenters. The van der Waals surface area contributed by atoms with Gasteiger partial charge in [0.25, 0.3) is 0 Å². The Morgan fingerprint density at radius 3 is 2.72 bits per heavy atom. The Balaban J connectivity index is 2.62. The highest BCUT2D eigenvalue weighted by Crippen LogP contribution is 2.25. The molecular formula is C15H25NO2. The summed E-state index contributed by atoms with van der Waals surface area (Å²) in [6, 6.07) is 0.298. The van der Waals surface area contributed by atoms with Gasteiger partial charge < -0.3 is 10.1 Å². The summed E-state index contributed by atoms with van der Waals surface area (Å²) >= 11 is 0. The molecule has 0 aromatic carbocycles. The molecule has 2 unspecified atom stereocenters. The summed E-state index contributed by atoms with van der Waals surface area (Å²) in [6.07, 6.45) is 7.68. The summed E-state index contributed by atoms with van der Waals surface area (Å²) in [5.74, 6) is 1.31. The van der Waals surface area contributed by atoms with Crippen molar-refractivity contribution in [3.63, 3.8) is 0 Å². The van der Waals surface area contributed by atoms with Crippen LogP contribution in [-0.4, -0.2) is 19.1 Å². The predicted molar refractivity (Wildman–Crippen MR) is 74.1 cm³/mol. The number of methoxy groups -OCH3 is 1. The highest BCUT2D eigenvalue weighted by atomic mass is 16.5. The first kappa shape index (κ1) is 14.8. The predicted octanol–water partition coefficient (Wildman–Crippen LogP) is 3.18. The van der Waals surface area contributed by atoms with Gasteiger partial charge in [0, 0.05) is 17.5 Å². The fourth-order valence-corrected chi connectivity index (χ4v) is 2.29. The number of amides is 1. The fourth-order valence-electron chi connectivity index (χ4n) is 2.29. The van der Waals surface area contributed by atoms with E-state index in [4.69, 9.17) is 4.74 Å². The van der Waals surface area contributed by atoms with Crippen molar-refractivity contribution in [1.82, 2.24) is 5.32 Å². The van der Waals surface area contributed by atoms with Crippen LogP contribution in [0.2, 0.25) is 0 Å². The molecule has 0 bridgehead atoms. The zero-order valence-corrected chi connectivity index (χ0v) is 12.0. The van der Waals surface area contributed by atoms with Crippen LogP contribution in [0.3, 0.4) is 0 Å². The maximum absolute atomic E-state index is 12.1. The number of nitrogens with one attached hydrogen (secondary N) is 1. The normalized spacial score (nSPS) is 20.8. The molecule has 0 spiro atoms. The number of carbonyl (C=O) groups is 1. The van der Waals surface area contributed by atoms with Crippen LogP contribution in [0, 0.1) is 5.92 Å². The molecule has 102 valence electrons. The second kappa shape index (κ2) is 7.24. The van der Waals surface area contributed by atoms with Gasteiger partial charge in [0.2, 0.25) is 5.91 Å². The molecule has 0 aromatic rings. The van der Waals surface area contributed by atoms with Crippen LogP contribution in [0.25, 0.3) is 0 Å². The summed E-state index contributed by atoms with van der Waals surface area (Å²) in [7, 11) is 1.68. The van der Waals surface area contributed by atoms with E-state index in [1.54, 1.807) is 7.11 Å². The third-order valence-corrected chi connectivity index (χ3v) is 3.45. The van der Waals surface area contributed by atoms with E-state index in [1.807, 2.05) is 12.2 Å². The van der Waals surface area contributed by atoms with Crippen LogP contribution >= 0.6 is 0 Å². The number of rotatable bonds is 6. The van der Waals surface area contributed by atoms with Gasteiger partial charge in [0.1, 0.15) is 0 Å². The fraction of sp³-hybridized carbons (Fsp3) is 0.667. The van der Waals surface area contributed by atoms with Crippen molar-refractivity contribution < 1.29 is 9.53 Å². The van der Waals surface area contributed by atoms with Crippen molar-refractivity contribution in [3.8, 4) is 0 Å². The lowest BCUT2D eigenvalue weighted by molar-refractivity contribution is -0.118. The highest BCUT2D eigenvalue weighted by Gasteiger charge is 2.21. The molecule has 0 radical (unpaired) electrons. The molecule has 1 amide bonds. The minimum atomic E-state index is 0.0774. The average Bonchev–Trinajstić information content (AvgIpc) is 2.37. The molecule has 0 aromatic heterocycles. The summed E-state index contributed by atoms with van der Waals surface area (Å²) in [5.41, 5.74) is 0.859. The highest BCUT2D eigenvalue weighted by molar-refractivity contribution is 5.94. The van der Waals surface area contributed by atoms with E-state index in [0.717, 1.165) is 37.0 Å². The second-order valence-corrected chi connectivity index (χ2v) is 4.94. The second-order valence-electron chi connectivity index (χ2n) is 4.94. The standard InChI is InChI=1S/C15H25NO2/c1-5-7-13(6-2)16-15(17)12-8-9-14(18-4)11(3)10-12/h8-9,11,13H,5-7,10H2,1-4H3,(H,16,17). The Labute approximate surface area is 110 Å². The van der Waals surface area contributed by atoms with Gasteiger partial charge in [0.05, 0.1) is 12.9 Å². The molecular weight excluding hydrogens is 226 g/mol. The Bertz CT molecular complexity index is 344. The zero-order chi connectivity index (χ0) is 13.5. The molecule has 0 saturated carbocycles. The zero-order valence-electron chi connectivity index (χ0n) is 12.0. The number of hydrogen-bond acceptors (Lipinski definition) is 2. The lowest BCUT2D eigenvalue weighted by Gasteiger charge is -2.22. The molecule has 1 aliphatic carbocycles. The van der Waals surface area contributed by atoms with Crippen molar-refractivity contribution >= 4 is 5.91 Å². The van der Waals surface area contributed by atoms with Gasteiger partial charge >= 0.3 is 0 Å². The van der Waals surface area contributed by atoms with Crippen molar-refractivity contribution in [2.24, 2.45) is 5.92 Å². The van der Waals surface area contributed by atoms with Gasteiger partial charge in [-0.05, 0) is 25.3 Å². The number of allylic oxidation sites excluding steroid dienone is 3. The molecule has 0 fully saturated rings. The maximum atomic E-state index is 12.1. The summed E-state index contributed by atoms with van der Waals surface area (Å²) in [6.45, 7) is 6.34. The Morgan fingerprint density at radius 2 is 2.22 bits per heavy atom. The molecule has 18 heavy (non-hydrogen) atoms. The lowest BCUT2D eigenvalue weighted by atomic mass is 9.93. The molecule has 3 nitrogen and oxygen atoms in total. The molecule has 1 rings (SSSR count). The van der Waals surface area contributed by atoms with Crippen molar-refractivity contribution in [1.29, 1.82) is 0 Å². The molecule has 1 N–H and O–H groups in total. The largest absolute Gasteiger partial charge is 0.501 e. The van der Waals surface area contributed by atoms with E-state index in [2.05, 4.69) is 26.1 Å². The minimum absolute atomic E-state index is 0.0774. The van der Waals surface area contributed by atoms with Gasteiger partial charge in [-0.25, -0.2) is 0 Å². The van der Waals surface area contributed by atoms with Crippen LogP contribution in [0.5, 0.6) is 0 Å². The third-order valence-electron chi connectivity index (χ3n) is 3.45. The van der Waals surface area contributed by atoms with E-state index < -0.39 is 0 Å². The van der Waals surface area contributed by atoms with Crippen molar-refractivity contribution in [2.45, 2.75) is 52.5 Å². The molecule has 3 heteroatoms. The monoisotopic (exact) mass is 251 g/mol. The third kappa shape index (κ3) is 3.90. The SMILES string of the molecule is CCCC(CC)NC(=O)C1=CC=C(OC)C(C)C1. The van der Waals surface area contributed by atoms with E-state index in [9.17, 15) is 4.79 Å². The lowest BCUT2D eigenvalue weighted by Crippen LogP contribution is -2.36. The summed E-state index contributed by atoms with van der Waals surface area (Å²) in [4.78, 5) is 12.1. The molecule has 0 aliphatic heterocycles. The van der Waals surface area contributed by atoms with Gasteiger partial charge in [-0.2, -0.15) is 0 Å². The summed E-state index contributed by atoms with van der Waals surface area (Å²) in [5, 5.41) is 3.11. The first-order chi connectivity index (χ1) is 8.62. The quantitative estimate of drug-likeness (QED) is 0.787. The van der Waals surface area contributed by atoms with Crippen LogP contribution in [0.1, 0.15) is 46.5 Å². The van der Waals surface area contributed by atoms with Crippen LogP contribution in [-0.2, 0) is 9.53 Å². The average molecular weight is 251 g/mol. The number of carbonyl (C=O) groups excluding carboxylic acids is 1. The first-order valence-corrected chi connectivity index (χ1v) is 6.87. The maximum Gasteiger partial charge on any atom is 0.247 e. The van der Waals surface area contributed by atoms with Crippen molar-refractivity contribution in [2.75, 3.05) is 7.11 Å². The van der Waals surface area contributed by atoms with Gasteiger partial charge in [-0.3, -0.25) is 4.79 Å². The van der Waals surface area contributed by atoms with Gasteiger partial charge in [0.15, 0.2) is 0 Å². The van der Waals surface area contributed by atoms with E-state index >= 15 is 0 Å². The molecule has 1 aliphatic rings. The summed E-state index contributed by atoms with van der Waals surface area (Å²) < 4.78 is 5.26. The van der Waals surface area contributed by atoms with Crippen LogP contribution < -0.4 is 5.32 Å². The van der Waals surface area contributed by atoms with Crippen LogP contribution in [0.15, 0.2) is 23.5 Å². The van der Waals surface area contributed by atoms with E-state index in [1.165, 1.54) is 0 Å². The van der Waals surface area contributed by atoms with Crippen molar-refractivity contribution in [3.05, 3.63) is 23.5 Å². The van der Waals surface area contributed by atoms with E-state index in [0.29, 0.717) is 6.04 Å². The molecule has 0 heterocycles. The number of hydrogen-bond donors (Lipinski definition) is 1. The Hall–Kier alpha value is -1.25. The van der Waals surface area contributed by atoms with E-state index in [-0.39, 0.29) is 11.8 Å². The van der Waals surface area contributed by atoms with Gasteiger partial charge in [-0.1, -0.05) is 33.3 Å². The van der Waals surface area contributed by atoms with Crippen LogP contribution in [0.4, 0.5) is 0 Å². The smallest absolute Gasteiger partial charge is 0.247 e. The van der Waals surface area contributed by atoms with Gasteiger partial charge in [-0.15, -0.1) is 0 Å². The first-order valence-electron chi connectivity index (χ1n) is 6.87. The minimum Gasteiger partial charge on any atom is -0.501 e. The Morgan fingerprint density at radius 1 is 1.50 bits per heavy atom. The molecule has 0 saturated heterocycles.